The van der Waals surface area contributed by atoms with Gasteiger partial charge in [0.05, 0.1) is 11.9 Å². The lowest BCUT2D eigenvalue weighted by atomic mass is 10.2. The van der Waals surface area contributed by atoms with E-state index in [2.05, 4.69) is 15.4 Å². The summed E-state index contributed by atoms with van der Waals surface area (Å²) in [7, 11) is 1.71. The molecule has 0 bridgehead atoms. The van der Waals surface area contributed by atoms with Gasteiger partial charge in [-0.3, -0.25) is 4.68 Å². The number of nitrogens with one attached hydrogen (secondary N) is 1. The summed E-state index contributed by atoms with van der Waals surface area (Å²) in [6.07, 6.45) is 4.33. The topological polar surface area (TPSA) is 80.0 Å². The molecular weight excluding hydrogens is 227 g/mol. The van der Waals surface area contributed by atoms with Gasteiger partial charge < -0.3 is 10.4 Å². The van der Waals surface area contributed by atoms with Gasteiger partial charge in [0.1, 0.15) is 5.56 Å². The molecule has 2 aromatic heterocycles. The highest BCUT2D eigenvalue weighted by molar-refractivity contribution is 5.89. The Morgan fingerprint density at radius 3 is 2.94 bits per heavy atom. The van der Waals surface area contributed by atoms with Crippen molar-refractivity contribution >= 4 is 17.5 Å². The molecule has 0 aromatic carbocycles. The van der Waals surface area contributed by atoms with Crippen LogP contribution in [0.3, 0.4) is 0 Å². The Morgan fingerprint density at radius 2 is 2.35 bits per heavy atom. The number of aromatic carboxylic acids is 1. The van der Waals surface area contributed by atoms with Crippen molar-refractivity contribution in [1.29, 1.82) is 0 Å². The molecule has 88 valence electrons. The van der Waals surface area contributed by atoms with Gasteiger partial charge in [-0.25, -0.2) is 14.2 Å². The first-order chi connectivity index (χ1) is 8.08. The molecule has 0 aliphatic carbocycles. The minimum Gasteiger partial charge on any atom is -0.478 e. The maximum absolute atomic E-state index is 13.7. The van der Waals surface area contributed by atoms with Crippen LogP contribution in [0.4, 0.5) is 15.9 Å². The number of aryl methyl sites for hydroxylation is 1. The van der Waals surface area contributed by atoms with Crippen LogP contribution in [-0.2, 0) is 7.05 Å². The molecule has 0 aliphatic heterocycles. The zero-order valence-corrected chi connectivity index (χ0v) is 8.88. The first-order valence-corrected chi connectivity index (χ1v) is 4.71. The van der Waals surface area contributed by atoms with Crippen LogP contribution in [0.1, 0.15) is 10.4 Å². The van der Waals surface area contributed by atoms with Crippen LogP contribution in [-0.4, -0.2) is 25.8 Å². The summed E-state index contributed by atoms with van der Waals surface area (Å²) >= 11 is 0. The minimum absolute atomic E-state index is 0.141. The van der Waals surface area contributed by atoms with Crippen molar-refractivity contribution in [2.24, 2.45) is 7.05 Å². The number of nitrogens with zero attached hydrogens (tertiary/aromatic N) is 3. The van der Waals surface area contributed by atoms with Crippen molar-refractivity contribution in [3.05, 3.63) is 36.0 Å². The molecule has 2 aromatic rings. The summed E-state index contributed by atoms with van der Waals surface area (Å²) in [5, 5.41) is 15.3. The molecular formula is C10H9FN4O2. The van der Waals surface area contributed by atoms with E-state index >= 15 is 0 Å². The zero-order valence-electron chi connectivity index (χ0n) is 8.88. The van der Waals surface area contributed by atoms with Crippen LogP contribution in [0.2, 0.25) is 0 Å². The smallest absolute Gasteiger partial charge is 0.338 e. The van der Waals surface area contributed by atoms with E-state index in [-0.39, 0.29) is 5.82 Å². The SMILES string of the molecule is Cn1cc(Nc2nccc(C(=O)O)c2F)cn1. The molecule has 0 saturated carbocycles. The van der Waals surface area contributed by atoms with Crippen molar-refractivity contribution in [1.82, 2.24) is 14.8 Å². The fraction of sp³-hybridized carbons (Fsp3) is 0.100. The number of rotatable bonds is 3. The maximum Gasteiger partial charge on any atom is 0.338 e. The van der Waals surface area contributed by atoms with E-state index in [9.17, 15) is 9.18 Å². The Balaban J connectivity index is 2.33. The molecule has 0 spiro atoms. The van der Waals surface area contributed by atoms with Gasteiger partial charge in [0.25, 0.3) is 0 Å². The molecule has 0 saturated heterocycles. The number of aromatic nitrogens is 3. The van der Waals surface area contributed by atoms with Gasteiger partial charge in [-0.1, -0.05) is 0 Å². The van der Waals surface area contributed by atoms with Gasteiger partial charge in [-0.15, -0.1) is 0 Å². The first-order valence-electron chi connectivity index (χ1n) is 4.71. The maximum atomic E-state index is 13.7. The summed E-state index contributed by atoms with van der Waals surface area (Å²) in [5.74, 6) is -2.37. The molecule has 0 fully saturated rings. The number of hydrogen-bond donors (Lipinski definition) is 2. The van der Waals surface area contributed by atoms with Crippen LogP contribution in [0.25, 0.3) is 0 Å². The lowest BCUT2D eigenvalue weighted by Gasteiger charge is -2.05. The monoisotopic (exact) mass is 236 g/mol. The van der Waals surface area contributed by atoms with Crippen LogP contribution in [0.5, 0.6) is 0 Å². The Labute approximate surface area is 95.7 Å². The number of halogens is 1. The quantitative estimate of drug-likeness (QED) is 0.841. The van der Waals surface area contributed by atoms with Crippen molar-refractivity contribution in [3.8, 4) is 0 Å². The third kappa shape index (κ3) is 2.22. The molecule has 0 amide bonds. The lowest BCUT2D eigenvalue weighted by molar-refractivity contribution is 0.0692. The van der Waals surface area contributed by atoms with Gasteiger partial charge >= 0.3 is 5.97 Å². The van der Waals surface area contributed by atoms with E-state index in [0.717, 1.165) is 6.07 Å². The third-order valence-corrected chi connectivity index (χ3v) is 2.09. The van der Waals surface area contributed by atoms with Gasteiger partial charge in [-0.05, 0) is 6.07 Å². The lowest BCUT2D eigenvalue weighted by Crippen LogP contribution is -2.05. The highest BCUT2D eigenvalue weighted by atomic mass is 19.1. The second kappa shape index (κ2) is 4.20. The number of anilines is 2. The summed E-state index contributed by atoms with van der Waals surface area (Å²) < 4.78 is 15.2. The molecule has 17 heavy (non-hydrogen) atoms. The second-order valence-corrected chi connectivity index (χ2v) is 3.35. The normalized spacial score (nSPS) is 10.2. The van der Waals surface area contributed by atoms with Crippen molar-refractivity contribution in [3.63, 3.8) is 0 Å². The van der Waals surface area contributed by atoms with Crippen LogP contribution < -0.4 is 5.32 Å². The Morgan fingerprint density at radius 1 is 1.59 bits per heavy atom. The summed E-state index contributed by atoms with van der Waals surface area (Å²) in [6, 6.07) is 1.10. The Bertz CT molecular complexity index is 567. The largest absolute Gasteiger partial charge is 0.478 e. The van der Waals surface area contributed by atoms with Crippen molar-refractivity contribution in [2.45, 2.75) is 0 Å². The second-order valence-electron chi connectivity index (χ2n) is 3.35. The zero-order chi connectivity index (χ0) is 12.4. The average Bonchev–Trinajstić information content (AvgIpc) is 2.67. The van der Waals surface area contributed by atoms with Gasteiger partial charge in [0.2, 0.25) is 0 Å². The number of hydrogen-bond acceptors (Lipinski definition) is 4. The standard InChI is InChI=1S/C10H9FN4O2/c1-15-5-6(4-13-15)14-9-8(11)7(10(16)17)2-3-12-9/h2-5H,1H3,(H,12,14)(H,16,17). The van der Waals surface area contributed by atoms with E-state index in [1.807, 2.05) is 0 Å². The summed E-state index contributed by atoms with van der Waals surface area (Å²) in [4.78, 5) is 14.5. The van der Waals surface area contributed by atoms with Gasteiger partial charge in [-0.2, -0.15) is 5.10 Å². The molecule has 0 aliphatic rings. The molecule has 0 radical (unpaired) electrons. The van der Waals surface area contributed by atoms with Crippen molar-refractivity contribution < 1.29 is 14.3 Å². The van der Waals surface area contributed by atoms with Crippen LogP contribution >= 0.6 is 0 Å². The van der Waals surface area contributed by atoms with Crippen LogP contribution in [0, 0.1) is 5.82 Å². The van der Waals surface area contributed by atoms with E-state index in [0.29, 0.717) is 5.69 Å². The van der Waals surface area contributed by atoms with E-state index in [1.165, 1.54) is 17.1 Å². The van der Waals surface area contributed by atoms with Gasteiger partial charge in [0, 0.05) is 19.4 Å². The van der Waals surface area contributed by atoms with E-state index in [1.54, 1.807) is 13.2 Å². The summed E-state index contributed by atoms with van der Waals surface area (Å²) in [5.41, 5.74) is 0.104. The molecule has 2 N–H and O–H groups in total. The molecule has 0 unspecified atom stereocenters. The predicted octanol–water partition coefficient (Wildman–Crippen LogP) is 1.40. The van der Waals surface area contributed by atoms with Gasteiger partial charge in [0.15, 0.2) is 11.6 Å². The van der Waals surface area contributed by atoms with E-state index in [4.69, 9.17) is 5.11 Å². The number of carboxylic acids is 1. The highest BCUT2D eigenvalue weighted by Gasteiger charge is 2.15. The molecule has 7 heteroatoms. The van der Waals surface area contributed by atoms with Crippen LogP contribution in [0.15, 0.2) is 24.7 Å². The fourth-order valence-electron chi connectivity index (χ4n) is 1.32. The number of carbonyl (C=O) groups is 1. The minimum atomic E-state index is -1.33. The van der Waals surface area contributed by atoms with E-state index < -0.39 is 17.3 Å². The molecule has 6 nitrogen and oxygen atoms in total. The predicted molar refractivity (Wildman–Crippen MR) is 57.6 cm³/mol. The first kappa shape index (κ1) is 11.1. The fourth-order valence-corrected chi connectivity index (χ4v) is 1.32. The summed E-state index contributed by atoms with van der Waals surface area (Å²) in [6.45, 7) is 0. The number of carboxylic acid groups (broad SMARTS) is 1. The average molecular weight is 236 g/mol. The Kier molecular flexibility index (Phi) is 2.73. The third-order valence-electron chi connectivity index (χ3n) is 2.09. The number of pyridine rings is 1. The van der Waals surface area contributed by atoms with Crippen molar-refractivity contribution in [2.75, 3.05) is 5.32 Å². The molecule has 2 rings (SSSR count). The molecule has 0 atom stereocenters. The highest BCUT2D eigenvalue weighted by Crippen LogP contribution is 2.19. The molecule has 2 heterocycles. The Hall–Kier alpha value is -2.44.